The van der Waals surface area contributed by atoms with Gasteiger partial charge in [-0.3, -0.25) is 9.59 Å². The summed E-state index contributed by atoms with van der Waals surface area (Å²) in [7, 11) is 0. The summed E-state index contributed by atoms with van der Waals surface area (Å²) in [4.78, 5) is 22.2. The number of esters is 1. The van der Waals surface area contributed by atoms with Crippen LogP contribution >= 0.6 is 0 Å². The number of carbonyl (C=O) groups excluding carboxylic acids is 1. The van der Waals surface area contributed by atoms with Crippen LogP contribution in [0.2, 0.25) is 0 Å². The lowest BCUT2D eigenvalue weighted by molar-refractivity contribution is -0.158. The molecular weight excluding hydrogens is 216 g/mol. The first-order chi connectivity index (χ1) is 7.56. The Morgan fingerprint density at radius 2 is 2.19 bits per heavy atom. The predicted octanol–water partition coefficient (Wildman–Crippen LogP) is 0.184. The molecule has 1 aromatic rings. The number of nitrogens with zero attached hydrogens (tertiary/aromatic N) is 2. The van der Waals surface area contributed by atoms with Crippen molar-refractivity contribution in [1.82, 2.24) is 10.3 Å². The molecule has 7 heteroatoms. The van der Waals surface area contributed by atoms with Crippen molar-refractivity contribution in [3.8, 4) is 0 Å². The molecule has 0 saturated heterocycles. The van der Waals surface area contributed by atoms with Gasteiger partial charge in [-0.2, -0.15) is 0 Å². The van der Waals surface area contributed by atoms with Crippen LogP contribution in [0.1, 0.15) is 18.3 Å². The smallest absolute Gasteiger partial charge is 0.320 e. The summed E-state index contributed by atoms with van der Waals surface area (Å²) >= 11 is 0. The zero-order valence-electron chi connectivity index (χ0n) is 8.97. The number of carbonyl (C=O) groups is 2. The van der Waals surface area contributed by atoms with Crippen molar-refractivity contribution in [3.63, 3.8) is 0 Å². The van der Waals surface area contributed by atoms with Gasteiger partial charge in [0.1, 0.15) is 11.4 Å². The predicted molar refractivity (Wildman–Crippen MR) is 50.5 cm³/mol. The topological polar surface area (TPSA) is 103 Å². The molecule has 7 nitrogen and oxygen atoms in total. The molecule has 1 N–H and O–H groups in total. The lowest BCUT2D eigenvalue weighted by atomic mass is 10.0. The van der Waals surface area contributed by atoms with Crippen LogP contribution in [0.25, 0.3) is 0 Å². The molecule has 0 radical (unpaired) electrons. The average molecular weight is 228 g/mol. The molecular formula is C9H12N2O5. The Labute approximate surface area is 91.4 Å². The molecule has 1 atom stereocenters. The summed E-state index contributed by atoms with van der Waals surface area (Å²) in [6.07, 6.45) is -0.0799. The zero-order chi connectivity index (χ0) is 12.1. The van der Waals surface area contributed by atoms with Crippen LogP contribution in [0, 0.1) is 12.8 Å². The lowest BCUT2D eigenvalue weighted by Gasteiger charge is -2.09. The number of aryl methyl sites for hydroxylation is 1. The molecule has 0 fully saturated rings. The number of ether oxygens (including phenoxy) is 1. The number of carboxylic acid groups (broad SMARTS) is 1. The zero-order valence-corrected chi connectivity index (χ0v) is 8.97. The minimum Gasteiger partial charge on any atom is -0.481 e. The Bertz CT molecular complexity index is 387. The molecule has 88 valence electrons. The van der Waals surface area contributed by atoms with Gasteiger partial charge in [-0.1, -0.05) is 10.3 Å². The second-order valence-electron chi connectivity index (χ2n) is 3.14. The van der Waals surface area contributed by atoms with Crippen molar-refractivity contribution >= 4 is 11.9 Å². The molecule has 0 aliphatic carbocycles. The second-order valence-corrected chi connectivity index (χ2v) is 3.14. The molecule has 0 spiro atoms. The van der Waals surface area contributed by atoms with Crippen LogP contribution in [-0.4, -0.2) is 34.0 Å². The maximum atomic E-state index is 11.3. The van der Waals surface area contributed by atoms with Gasteiger partial charge in [0.05, 0.1) is 6.61 Å². The van der Waals surface area contributed by atoms with Crippen LogP contribution in [-0.2, 0) is 20.7 Å². The van der Waals surface area contributed by atoms with E-state index in [0.717, 1.165) is 0 Å². The van der Waals surface area contributed by atoms with E-state index in [1.165, 1.54) is 0 Å². The molecule has 1 rings (SSSR count). The highest BCUT2D eigenvalue weighted by atomic mass is 16.6. The van der Waals surface area contributed by atoms with Gasteiger partial charge < -0.3 is 9.84 Å². The monoisotopic (exact) mass is 228 g/mol. The summed E-state index contributed by atoms with van der Waals surface area (Å²) in [6, 6.07) is 0. The van der Waals surface area contributed by atoms with Gasteiger partial charge in [-0.05, 0) is 13.8 Å². The van der Waals surface area contributed by atoms with Gasteiger partial charge in [0.2, 0.25) is 0 Å². The van der Waals surface area contributed by atoms with Crippen LogP contribution in [0.15, 0.2) is 4.63 Å². The fourth-order valence-corrected chi connectivity index (χ4v) is 1.14. The molecule has 16 heavy (non-hydrogen) atoms. The van der Waals surface area contributed by atoms with Crippen molar-refractivity contribution in [1.29, 1.82) is 0 Å². The van der Waals surface area contributed by atoms with Gasteiger partial charge in [0, 0.05) is 6.42 Å². The fraction of sp³-hybridized carbons (Fsp3) is 0.556. The van der Waals surface area contributed by atoms with Crippen LogP contribution in [0.5, 0.6) is 0 Å². The molecule has 0 amide bonds. The fourth-order valence-electron chi connectivity index (χ4n) is 1.14. The van der Waals surface area contributed by atoms with Gasteiger partial charge in [-0.15, -0.1) is 0 Å². The highest BCUT2D eigenvalue weighted by Crippen LogP contribution is 2.11. The molecule has 0 aromatic carbocycles. The number of aromatic nitrogens is 2. The molecule has 0 aliphatic rings. The third kappa shape index (κ3) is 2.78. The third-order valence-corrected chi connectivity index (χ3v) is 2.01. The summed E-state index contributed by atoms with van der Waals surface area (Å²) in [5, 5.41) is 15.9. The minimum atomic E-state index is -1.27. The SMILES string of the molecule is CCOC(=O)C(Cc1nonc1C)C(=O)O. The van der Waals surface area contributed by atoms with Gasteiger partial charge >= 0.3 is 11.9 Å². The summed E-state index contributed by atoms with van der Waals surface area (Å²) in [5.74, 6) is -3.30. The number of aliphatic carboxylic acids is 1. The number of carboxylic acids is 1. The maximum Gasteiger partial charge on any atom is 0.320 e. The third-order valence-electron chi connectivity index (χ3n) is 2.01. The van der Waals surface area contributed by atoms with E-state index < -0.39 is 17.9 Å². The van der Waals surface area contributed by atoms with Crippen molar-refractivity contribution in [2.24, 2.45) is 5.92 Å². The first-order valence-electron chi connectivity index (χ1n) is 4.73. The highest BCUT2D eigenvalue weighted by molar-refractivity contribution is 5.94. The van der Waals surface area contributed by atoms with E-state index in [4.69, 9.17) is 5.11 Å². The maximum absolute atomic E-state index is 11.3. The van der Waals surface area contributed by atoms with Gasteiger partial charge in [-0.25, -0.2) is 4.63 Å². The number of hydrogen-bond acceptors (Lipinski definition) is 6. The van der Waals surface area contributed by atoms with E-state index in [9.17, 15) is 9.59 Å². The first kappa shape index (κ1) is 12.2. The largest absolute Gasteiger partial charge is 0.481 e. The standard InChI is InChI=1S/C9H12N2O5/c1-3-15-9(14)6(8(12)13)4-7-5(2)10-16-11-7/h6H,3-4H2,1-2H3,(H,12,13). The molecule has 0 saturated carbocycles. The Balaban J connectivity index is 2.76. The van der Waals surface area contributed by atoms with Crippen molar-refractivity contribution in [2.45, 2.75) is 20.3 Å². The van der Waals surface area contributed by atoms with Crippen LogP contribution in [0.4, 0.5) is 0 Å². The quantitative estimate of drug-likeness (QED) is 0.566. The summed E-state index contributed by atoms with van der Waals surface area (Å²) in [5.41, 5.74) is 0.816. The Kier molecular flexibility index (Phi) is 3.98. The van der Waals surface area contributed by atoms with E-state index in [-0.39, 0.29) is 13.0 Å². The van der Waals surface area contributed by atoms with Crippen molar-refractivity contribution in [2.75, 3.05) is 6.61 Å². The Morgan fingerprint density at radius 3 is 2.62 bits per heavy atom. The minimum absolute atomic E-state index is 0.0799. The normalized spacial score (nSPS) is 12.1. The van der Waals surface area contributed by atoms with E-state index in [1.54, 1.807) is 13.8 Å². The number of hydrogen-bond donors (Lipinski definition) is 1. The van der Waals surface area contributed by atoms with E-state index in [0.29, 0.717) is 11.4 Å². The van der Waals surface area contributed by atoms with Gasteiger partial charge in [0.25, 0.3) is 0 Å². The first-order valence-corrected chi connectivity index (χ1v) is 4.73. The average Bonchev–Trinajstić information content (AvgIpc) is 2.60. The number of rotatable bonds is 5. The van der Waals surface area contributed by atoms with E-state index >= 15 is 0 Å². The lowest BCUT2D eigenvalue weighted by Crippen LogP contribution is -2.28. The van der Waals surface area contributed by atoms with Gasteiger partial charge in [0.15, 0.2) is 5.92 Å². The Morgan fingerprint density at radius 1 is 1.50 bits per heavy atom. The van der Waals surface area contributed by atoms with Crippen LogP contribution in [0.3, 0.4) is 0 Å². The van der Waals surface area contributed by atoms with Crippen molar-refractivity contribution < 1.29 is 24.1 Å². The molecule has 1 aromatic heterocycles. The second kappa shape index (κ2) is 5.24. The molecule has 1 heterocycles. The Hall–Kier alpha value is -1.92. The summed E-state index contributed by atoms with van der Waals surface area (Å²) < 4.78 is 9.08. The van der Waals surface area contributed by atoms with E-state index in [1.807, 2.05) is 0 Å². The molecule has 1 unspecified atom stereocenters. The van der Waals surface area contributed by atoms with Crippen molar-refractivity contribution in [3.05, 3.63) is 11.4 Å². The molecule has 0 bridgehead atoms. The molecule has 0 aliphatic heterocycles. The summed E-state index contributed by atoms with van der Waals surface area (Å²) in [6.45, 7) is 3.37. The van der Waals surface area contributed by atoms with Crippen LogP contribution < -0.4 is 0 Å². The highest BCUT2D eigenvalue weighted by Gasteiger charge is 2.29. The van der Waals surface area contributed by atoms with E-state index in [2.05, 4.69) is 19.7 Å².